The van der Waals surface area contributed by atoms with Gasteiger partial charge in [-0.1, -0.05) is 24.3 Å². The molecule has 0 saturated heterocycles. The fourth-order valence-corrected chi connectivity index (χ4v) is 3.67. The highest BCUT2D eigenvalue weighted by Gasteiger charge is 2.26. The standard InChI is InChI=1S/C16H15N3OS/c20-15(7-12-10-19-5-6-21-16(19)18-12)14-9-17-8-11-3-1-2-4-13(11)14/h1-6,10,14,17H,7-9H2. The average Bonchev–Trinajstić information content (AvgIpc) is 3.07. The molecule has 5 heteroatoms. The minimum absolute atomic E-state index is 0.0605. The number of carbonyl (C=O) groups is 1. The van der Waals surface area contributed by atoms with Crippen molar-refractivity contribution in [3.8, 4) is 0 Å². The van der Waals surface area contributed by atoms with Gasteiger partial charge in [-0.05, 0) is 11.1 Å². The van der Waals surface area contributed by atoms with Gasteiger partial charge >= 0.3 is 0 Å². The van der Waals surface area contributed by atoms with Gasteiger partial charge in [-0.2, -0.15) is 0 Å². The number of nitrogens with zero attached hydrogens (tertiary/aromatic N) is 2. The Hall–Kier alpha value is -1.98. The molecular formula is C16H15N3OS. The maximum Gasteiger partial charge on any atom is 0.193 e. The Morgan fingerprint density at radius 1 is 1.43 bits per heavy atom. The zero-order valence-electron chi connectivity index (χ0n) is 11.5. The lowest BCUT2D eigenvalue weighted by Gasteiger charge is -2.25. The van der Waals surface area contributed by atoms with Crippen LogP contribution in [0.15, 0.2) is 42.0 Å². The van der Waals surface area contributed by atoms with Crippen LogP contribution in [0.25, 0.3) is 4.96 Å². The molecule has 1 N–H and O–H groups in total. The van der Waals surface area contributed by atoms with E-state index in [9.17, 15) is 4.79 Å². The zero-order valence-corrected chi connectivity index (χ0v) is 12.3. The second-order valence-corrected chi connectivity index (χ2v) is 6.22. The van der Waals surface area contributed by atoms with Crippen LogP contribution in [0.5, 0.6) is 0 Å². The molecule has 1 atom stereocenters. The van der Waals surface area contributed by atoms with E-state index in [1.165, 1.54) is 11.1 Å². The minimum Gasteiger partial charge on any atom is -0.312 e. The van der Waals surface area contributed by atoms with Gasteiger partial charge < -0.3 is 5.32 Å². The van der Waals surface area contributed by atoms with E-state index in [-0.39, 0.29) is 11.7 Å². The zero-order chi connectivity index (χ0) is 14.2. The van der Waals surface area contributed by atoms with Crippen molar-refractivity contribution < 1.29 is 4.79 Å². The van der Waals surface area contributed by atoms with E-state index >= 15 is 0 Å². The Kier molecular flexibility index (Phi) is 3.09. The third-order valence-corrected chi connectivity index (χ3v) is 4.75. The molecule has 0 saturated carbocycles. The van der Waals surface area contributed by atoms with Gasteiger partial charge in [-0.25, -0.2) is 4.98 Å². The highest BCUT2D eigenvalue weighted by atomic mass is 32.1. The van der Waals surface area contributed by atoms with Crippen LogP contribution in [-0.4, -0.2) is 21.7 Å². The van der Waals surface area contributed by atoms with Crippen LogP contribution in [-0.2, 0) is 17.8 Å². The smallest absolute Gasteiger partial charge is 0.193 e. The minimum atomic E-state index is -0.0605. The summed E-state index contributed by atoms with van der Waals surface area (Å²) in [6, 6.07) is 8.20. The average molecular weight is 297 g/mol. The van der Waals surface area contributed by atoms with Crippen molar-refractivity contribution in [2.24, 2.45) is 0 Å². The molecule has 0 bridgehead atoms. The summed E-state index contributed by atoms with van der Waals surface area (Å²) < 4.78 is 1.97. The van der Waals surface area contributed by atoms with Gasteiger partial charge in [0.1, 0.15) is 5.78 Å². The quantitative estimate of drug-likeness (QED) is 0.807. The van der Waals surface area contributed by atoms with Gasteiger partial charge in [0.2, 0.25) is 0 Å². The maximum absolute atomic E-state index is 12.6. The third kappa shape index (κ3) is 2.28. The fraction of sp³-hybridized carbons (Fsp3) is 0.250. The molecule has 0 fully saturated rings. The topological polar surface area (TPSA) is 46.4 Å². The summed E-state index contributed by atoms with van der Waals surface area (Å²) in [5.74, 6) is 0.176. The molecule has 1 unspecified atom stereocenters. The summed E-state index contributed by atoms with van der Waals surface area (Å²) >= 11 is 1.59. The molecule has 1 aromatic carbocycles. The highest BCUT2D eigenvalue weighted by Crippen LogP contribution is 2.25. The molecule has 0 aliphatic carbocycles. The largest absolute Gasteiger partial charge is 0.312 e. The molecule has 0 spiro atoms. The Balaban J connectivity index is 1.59. The number of fused-ring (bicyclic) bond motifs is 2. The lowest BCUT2D eigenvalue weighted by atomic mass is 9.86. The molecule has 3 heterocycles. The van der Waals surface area contributed by atoms with E-state index in [1.54, 1.807) is 11.3 Å². The highest BCUT2D eigenvalue weighted by molar-refractivity contribution is 7.15. The summed E-state index contributed by atoms with van der Waals surface area (Å²) in [6.07, 6.45) is 4.32. The summed E-state index contributed by atoms with van der Waals surface area (Å²) in [4.78, 5) is 18.1. The van der Waals surface area contributed by atoms with Crippen molar-refractivity contribution in [3.63, 3.8) is 0 Å². The summed E-state index contributed by atoms with van der Waals surface area (Å²) in [5.41, 5.74) is 3.25. The summed E-state index contributed by atoms with van der Waals surface area (Å²) in [6.45, 7) is 1.57. The van der Waals surface area contributed by atoms with Crippen molar-refractivity contribution in [3.05, 3.63) is 58.9 Å². The Morgan fingerprint density at radius 2 is 2.33 bits per heavy atom. The summed E-state index contributed by atoms with van der Waals surface area (Å²) in [7, 11) is 0. The molecule has 1 aliphatic rings. The van der Waals surface area contributed by atoms with Gasteiger partial charge in [0.05, 0.1) is 18.0 Å². The van der Waals surface area contributed by atoms with Crippen LogP contribution in [0, 0.1) is 0 Å². The van der Waals surface area contributed by atoms with Crippen molar-refractivity contribution >= 4 is 22.1 Å². The molecule has 3 aromatic rings. The number of ketones is 1. The number of carbonyl (C=O) groups excluding carboxylic acids is 1. The number of benzene rings is 1. The molecule has 0 amide bonds. The van der Waals surface area contributed by atoms with Crippen LogP contribution in [0.1, 0.15) is 22.7 Å². The maximum atomic E-state index is 12.6. The second kappa shape index (κ2) is 5.09. The number of rotatable bonds is 3. The van der Waals surface area contributed by atoms with Crippen molar-refractivity contribution in [1.82, 2.24) is 14.7 Å². The van der Waals surface area contributed by atoms with Crippen molar-refractivity contribution in [1.29, 1.82) is 0 Å². The predicted molar refractivity (Wildman–Crippen MR) is 82.7 cm³/mol. The lowest BCUT2D eigenvalue weighted by molar-refractivity contribution is -0.120. The second-order valence-electron chi connectivity index (χ2n) is 5.35. The Labute approximate surface area is 126 Å². The van der Waals surface area contributed by atoms with Gasteiger partial charge in [-0.3, -0.25) is 9.20 Å². The van der Waals surface area contributed by atoms with E-state index in [1.807, 2.05) is 34.3 Å². The number of imidazole rings is 1. The molecular weight excluding hydrogens is 282 g/mol. The molecule has 4 rings (SSSR count). The van der Waals surface area contributed by atoms with Crippen LogP contribution in [0.3, 0.4) is 0 Å². The van der Waals surface area contributed by atoms with Gasteiger partial charge in [0.25, 0.3) is 0 Å². The van der Waals surface area contributed by atoms with Crippen LogP contribution in [0.2, 0.25) is 0 Å². The number of thiazole rings is 1. The summed E-state index contributed by atoms with van der Waals surface area (Å²) in [5, 5.41) is 5.33. The van der Waals surface area contributed by atoms with Gasteiger partial charge in [0.15, 0.2) is 4.96 Å². The fourth-order valence-electron chi connectivity index (χ4n) is 2.95. The Morgan fingerprint density at radius 3 is 3.24 bits per heavy atom. The first-order chi connectivity index (χ1) is 10.3. The SMILES string of the molecule is O=C(Cc1cn2ccsc2n1)C1CNCc2ccccc21. The van der Waals surface area contributed by atoms with Gasteiger partial charge in [0, 0.05) is 30.9 Å². The van der Waals surface area contributed by atoms with E-state index < -0.39 is 0 Å². The van der Waals surface area contributed by atoms with Crippen molar-refractivity contribution in [2.45, 2.75) is 18.9 Å². The lowest BCUT2D eigenvalue weighted by Crippen LogP contribution is -2.33. The molecule has 1 aliphatic heterocycles. The molecule has 4 nitrogen and oxygen atoms in total. The Bertz CT molecular complexity index is 776. The normalized spacial score (nSPS) is 17.8. The van der Waals surface area contributed by atoms with Crippen LogP contribution in [0.4, 0.5) is 0 Å². The predicted octanol–water partition coefficient (Wildman–Crippen LogP) is 2.39. The monoisotopic (exact) mass is 297 g/mol. The molecule has 0 radical (unpaired) electrons. The number of aromatic nitrogens is 2. The first-order valence-corrected chi connectivity index (χ1v) is 7.91. The number of hydrogen-bond acceptors (Lipinski definition) is 4. The molecule has 21 heavy (non-hydrogen) atoms. The van der Waals surface area contributed by atoms with Crippen LogP contribution >= 0.6 is 11.3 Å². The van der Waals surface area contributed by atoms with E-state index in [0.29, 0.717) is 6.42 Å². The first-order valence-electron chi connectivity index (χ1n) is 7.03. The van der Waals surface area contributed by atoms with Crippen molar-refractivity contribution in [2.75, 3.05) is 6.54 Å². The van der Waals surface area contributed by atoms with Gasteiger partial charge in [-0.15, -0.1) is 11.3 Å². The van der Waals surface area contributed by atoms with E-state index in [4.69, 9.17) is 0 Å². The number of hydrogen-bond donors (Lipinski definition) is 1. The first kappa shape index (κ1) is 12.7. The van der Waals surface area contributed by atoms with E-state index in [2.05, 4.69) is 22.4 Å². The number of Topliss-reactive ketones (excluding diaryl/α,β-unsaturated/α-hetero) is 1. The molecule has 2 aromatic heterocycles. The molecule has 106 valence electrons. The number of nitrogens with one attached hydrogen (secondary N) is 1. The third-order valence-electron chi connectivity index (χ3n) is 3.98. The van der Waals surface area contributed by atoms with E-state index in [0.717, 1.165) is 23.7 Å². The van der Waals surface area contributed by atoms with Crippen LogP contribution < -0.4 is 5.32 Å².